The summed E-state index contributed by atoms with van der Waals surface area (Å²) in [4.78, 5) is 3.22. The van der Waals surface area contributed by atoms with E-state index in [4.69, 9.17) is 16.6 Å². The molecule has 0 amide bonds. The van der Waals surface area contributed by atoms with E-state index in [-0.39, 0.29) is 0 Å². The Balaban J connectivity index is 2.52. The number of aromatic nitrogens is 1. The van der Waals surface area contributed by atoms with Gasteiger partial charge < -0.3 is 9.40 Å². The highest BCUT2D eigenvalue weighted by Crippen LogP contribution is 2.22. The van der Waals surface area contributed by atoms with Gasteiger partial charge in [-0.05, 0) is 24.4 Å². The number of halogens is 1. The van der Waals surface area contributed by atoms with Crippen LogP contribution in [-0.4, -0.2) is 4.98 Å². The third kappa shape index (κ3) is 1.89. The van der Waals surface area contributed by atoms with Crippen LogP contribution in [0.3, 0.4) is 0 Å². The van der Waals surface area contributed by atoms with Crippen molar-refractivity contribution in [3.05, 3.63) is 39.8 Å². The monoisotopic (exact) mass is 255 g/mol. The van der Waals surface area contributed by atoms with E-state index in [1.54, 1.807) is 6.20 Å². The summed E-state index contributed by atoms with van der Waals surface area (Å²) in [5, 5.41) is 0. The Bertz CT molecular complexity index is 474. The molecule has 1 aromatic carbocycles. The minimum absolute atomic E-state index is 0.398. The summed E-state index contributed by atoms with van der Waals surface area (Å²) in [6.07, 6.45) is 1.75. The number of benzene rings is 1. The van der Waals surface area contributed by atoms with E-state index in [0.29, 0.717) is 4.84 Å². The molecule has 1 heterocycles. The number of hydrogen-bond donors (Lipinski definition) is 1. The van der Waals surface area contributed by atoms with Crippen LogP contribution in [0.4, 0.5) is 0 Å². The summed E-state index contributed by atoms with van der Waals surface area (Å²) in [6, 6.07) is 7.85. The molecule has 2 rings (SSSR count). The van der Waals surface area contributed by atoms with Crippen molar-refractivity contribution < 1.29 is 4.42 Å². The lowest BCUT2D eigenvalue weighted by Crippen LogP contribution is -1.72. The molecule has 66 valence electrons. The molecule has 0 unspecified atom stereocenters. The number of nitrogens with one attached hydrogen (secondary N) is 1. The van der Waals surface area contributed by atoms with E-state index in [1.807, 2.05) is 24.3 Å². The van der Waals surface area contributed by atoms with Crippen LogP contribution in [0.2, 0.25) is 0 Å². The fourth-order valence-corrected chi connectivity index (χ4v) is 1.62. The van der Waals surface area contributed by atoms with E-state index in [2.05, 4.69) is 20.9 Å². The van der Waals surface area contributed by atoms with Gasteiger partial charge in [-0.2, -0.15) is 0 Å². The molecule has 2 aromatic rings. The van der Waals surface area contributed by atoms with E-state index in [0.717, 1.165) is 15.8 Å². The fourth-order valence-electron chi connectivity index (χ4n) is 1.07. The molecule has 0 aliphatic heterocycles. The Kier molecular flexibility index (Phi) is 2.33. The summed E-state index contributed by atoms with van der Waals surface area (Å²) < 4.78 is 6.28. The van der Waals surface area contributed by atoms with Gasteiger partial charge in [-0.25, -0.2) is 0 Å². The maximum absolute atomic E-state index is 5.26. The molecule has 0 aliphatic carbocycles. The van der Waals surface area contributed by atoms with E-state index < -0.39 is 0 Å². The van der Waals surface area contributed by atoms with Gasteiger partial charge in [0.25, 0.3) is 4.84 Å². The van der Waals surface area contributed by atoms with Crippen molar-refractivity contribution in [2.75, 3.05) is 0 Å². The molecule has 0 spiro atoms. The first-order valence-corrected chi connectivity index (χ1v) is 4.90. The molecule has 1 aromatic heterocycles. The largest absolute Gasteiger partial charge is 0.429 e. The van der Waals surface area contributed by atoms with Gasteiger partial charge in [-0.1, -0.05) is 28.1 Å². The molecule has 0 radical (unpaired) electrons. The van der Waals surface area contributed by atoms with Crippen LogP contribution in [0.25, 0.3) is 11.3 Å². The van der Waals surface area contributed by atoms with Crippen LogP contribution in [-0.2, 0) is 0 Å². The van der Waals surface area contributed by atoms with Crippen LogP contribution in [0, 0.1) is 4.84 Å². The summed E-state index contributed by atoms with van der Waals surface area (Å²) in [5.41, 5.74) is 1.00. The summed E-state index contributed by atoms with van der Waals surface area (Å²) in [7, 11) is 0. The molecule has 4 heteroatoms. The molecule has 0 saturated heterocycles. The molecule has 0 fully saturated rings. The van der Waals surface area contributed by atoms with Gasteiger partial charge in [0.15, 0.2) is 5.76 Å². The number of aromatic amines is 1. The normalized spacial score (nSPS) is 10.2. The van der Waals surface area contributed by atoms with Crippen molar-refractivity contribution in [2.24, 2.45) is 0 Å². The lowest BCUT2D eigenvalue weighted by molar-refractivity contribution is 0.554. The van der Waals surface area contributed by atoms with Crippen molar-refractivity contribution in [1.82, 2.24) is 4.98 Å². The van der Waals surface area contributed by atoms with Crippen molar-refractivity contribution in [3.63, 3.8) is 0 Å². The second kappa shape index (κ2) is 3.47. The van der Waals surface area contributed by atoms with Crippen LogP contribution in [0.1, 0.15) is 0 Å². The molecule has 2 nitrogen and oxygen atoms in total. The average molecular weight is 256 g/mol. The van der Waals surface area contributed by atoms with Crippen molar-refractivity contribution in [2.45, 2.75) is 0 Å². The minimum Gasteiger partial charge on any atom is -0.429 e. The Morgan fingerprint density at radius 1 is 1.38 bits per heavy atom. The van der Waals surface area contributed by atoms with Gasteiger partial charge in [0.05, 0.1) is 0 Å². The van der Waals surface area contributed by atoms with Crippen LogP contribution in [0.5, 0.6) is 0 Å². The van der Waals surface area contributed by atoms with Gasteiger partial charge >= 0.3 is 0 Å². The zero-order valence-corrected chi connectivity index (χ0v) is 8.98. The highest BCUT2D eigenvalue weighted by atomic mass is 79.9. The zero-order valence-electron chi connectivity index (χ0n) is 6.58. The first-order valence-electron chi connectivity index (χ1n) is 3.70. The summed E-state index contributed by atoms with van der Waals surface area (Å²) in [6.45, 7) is 0. The number of rotatable bonds is 1. The second-order valence-electron chi connectivity index (χ2n) is 2.55. The Morgan fingerprint density at radius 2 is 2.23 bits per heavy atom. The number of oxazole rings is 1. The molecule has 0 saturated carbocycles. The smallest absolute Gasteiger partial charge is 0.266 e. The zero-order chi connectivity index (χ0) is 9.26. The third-order valence-corrected chi connectivity index (χ3v) is 2.33. The highest BCUT2D eigenvalue weighted by molar-refractivity contribution is 9.10. The van der Waals surface area contributed by atoms with Crippen molar-refractivity contribution in [1.29, 1.82) is 0 Å². The minimum atomic E-state index is 0.398. The predicted molar refractivity (Wildman–Crippen MR) is 57.0 cm³/mol. The Hall–Kier alpha value is -0.870. The molecule has 0 atom stereocenters. The SMILES string of the molecule is S=c1[nH]cc(-c2cccc(Br)c2)o1. The van der Waals surface area contributed by atoms with Crippen LogP contribution >= 0.6 is 28.1 Å². The van der Waals surface area contributed by atoms with Gasteiger partial charge in [0.1, 0.15) is 0 Å². The van der Waals surface area contributed by atoms with Crippen molar-refractivity contribution in [3.8, 4) is 11.3 Å². The van der Waals surface area contributed by atoms with Gasteiger partial charge in [-0.15, -0.1) is 0 Å². The summed E-state index contributed by atoms with van der Waals surface area (Å²) >= 11 is 8.22. The molecule has 0 bridgehead atoms. The molecular formula is C9H6BrNOS. The number of hydrogen-bond acceptors (Lipinski definition) is 2. The molecule has 0 aliphatic rings. The Labute approximate surface area is 88.7 Å². The highest BCUT2D eigenvalue weighted by Gasteiger charge is 2.00. The summed E-state index contributed by atoms with van der Waals surface area (Å²) in [5.74, 6) is 0.756. The maximum Gasteiger partial charge on any atom is 0.266 e. The standard InChI is InChI=1S/C9H6BrNOS/c10-7-3-1-2-6(4-7)8-5-11-9(13)12-8/h1-5H,(H,11,13). The predicted octanol–water partition coefficient (Wildman–Crippen LogP) is 3.77. The van der Waals surface area contributed by atoms with E-state index in [1.165, 1.54) is 0 Å². The van der Waals surface area contributed by atoms with Gasteiger partial charge in [-0.3, -0.25) is 0 Å². The second-order valence-corrected chi connectivity index (χ2v) is 3.84. The van der Waals surface area contributed by atoms with Crippen LogP contribution < -0.4 is 0 Å². The quantitative estimate of drug-likeness (QED) is 0.787. The lowest BCUT2D eigenvalue weighted by Gasteiger charge is -1.95. The third-order valence-electron chi connectivity index (χ3n) is 1.63. The van der Waals surface area contributed by atoms with E-state index in [9.17, 15) is 0 Å². The number of H-pyrrole nitrogens is 1. The molecule has 13 heavy (non-hydrogen) atoms. The van der Waals surface area contributed by atoms with Crippen LogP contribution in [0.15, 0.2) is 39.4 Å². The molecule has 1 N–H and O–H groups in total. The van der Waals surface area contributed by atoms with Gasteiger partial charge in [0.2, 0.25) is 0 Å². The Morgan fingerprint density at radius 3 is 2.85 bits per heavy atom. The maximum atomic E-state index is 5.26. The topological polar surface area (TPSA) is 28.9 Å². The molecular weight excluding hydrogens is 250 g/mol. The first-order chi connectivity index (χ1) is 6.25. The fraction of sp³-hybridized carbons (Fsp3) is 0. The van der Waals surface area contributed by atoms with Gasteiger partial charge in [0, 0.05) is 16.2 Å². The first kappa shape index (κ1) is 8.72. The van der Waals surface area contributed by atoms with E-state index >= 15 is 0 Å². The lowest BCUT2D eigenvalue weighted by atomic mass is 10.2. The van der Waals surface area contributed by atoms with Crippen molar-refractivity contribution >= 4 is 28.1 Å². The average Bonchev–Trinajstić information content (AvgIpc) is 2.52.